The molecule has 0 saturated heterocycles. The molecular formula is C15H17NO3S. The first-order valence-corrected chi connectivity index (χ1v) is 7.32. The van der Waals surface area contributed by atoms with Crippen molar-refractivity contribution in [3.05, 3.63) is 41.3 Å². The molecule has 2 rings (SSSR count). The van der Waals surface area contributed by atoms with Crippen molar-refractivity contribution in [3.8, 4) is 16.2 Å². The topological polar surface area (TPSA) is 47.6 Å². The molecule has 1 aromatic carbocycles. The summed E-state index contributed by atoms with van der Waals surface area (Å²) in [5.41, 5.74) is 3.47. The van der Waals surface area contributed by atoms with Gasteiger partial charge in [0, 0.05) is 4.88 Å². The maximum atomic E-state index is 12.0. The zero-order valence-electron chi connectivity index (χ0n) is 11.5. The molecule has 0 aliphatic carbocycles. The predicted molar refractivity (Wildman–Crippen MR) is 80.0 cm³/mol. The molecule has 2 aromatic rings. The average molecular weight is 291 g/mol. The van der Waals surface area contributed by atoms with Crippen molar-refractivity contribution in [1.29, 1.82) is 0 Å². The Morgan fingerprint density at radius 2 is 1.95 bits per heavy atom. The summed E-state index contributed by atoms with van der Waals surface area (Å²) in [4.78, 5) is 18.5. The van der Waals surface area contributed by atoms with E-state index in [4.69, 9.17) is 9.57 Å². The molecule has 20 heavy (non-hydrogen) atoms. The van der Waals surface area contributed by atoms with Gasteiger partial charge in [-0.1, -0.05) is 30.3 Å². The van der Waals surface area contributed by atoms with E-state index in [0.717, 1.165) is 10.4 Å². The van der Waals surface area contributed by atoms with E-state index in [2.05, 4.69) is 5.48 Å². The molecule has 0 bridgehead atoms. The number of nitrogens with one attached hydrogen (secondary N) is 1. The number of amides is 1. The Morgan fingerprint density at radius 1 is 1.20 bits per heavy atom. The molecule has 0 spiro atoms. The highest BCUT2D eigenvalue weighted by molar-refractivity contribution is 7.17. The zero-order valence-corrected chi connectivity index (χ0v) is 12.3. The third-order valence-electron chi connectivity index (χ3n) is 2.57. The molecule has 1 aromatic heterocycles. The van der Waals surface area contributed by atoms with Gasteiger partial charge in [0.1, 0.15) is 10.6 Å². The monoisotopic (exact) mass is 291 g/mol. The Hall–Kier alpha value is -1.85. The van der Waals surface area contributed by atoms with Gasteiger partial charge in [-0.25, -0.2) is 5.48 Å². The Kier molecular flexibility index (Phi) is 5.15. The van der Waals surface area contributed by atoms with E-state index >= 15 is 0 Å². The lowest BCUT2D eigenvalue weighted by Crippen LogP contribution is -2.23. The summed E-state index contributed by atoms with van der Waals surface area (Å²) in [7, 11) is 0. The molecule has 0 saturated carbocycles. The average Bonchev–Trinajstić information content (AvgIpc) is 2.90. The van der Waals surface area contributed by atoms with Gasteiger partial charge in [-0.05, 0) is 25.5 Å². The van der Waals surface area contributed by atoms with E-state index in [1.54, 1.807) is 0 Å². The first-order valence-electron chi connectivity index (χ1n) is 6.50. The predicted octanol–water partition coefficient (Wildman–Crippen LogP) is 3.50. The molecule has 4 nitrogen and oxygen atoms in total. The normalized spacial score (nSPS) is 10.3. The van der Waals surface area contributed by atoms with Crippen LogP contribution < -0.4 is 10.2 Å². The van der Waals surface area contributed by atoms with Gasteiger partial charge in [-0.3, -0.25) is 9.63 Å². The number of rotatable bonds is 6. The lowest BCUT2D eigenvalue weighted by atomic mass is 10.2. The molecule has 0 fully saturated rings. The first kappa shape index (κ1) is 14.6. The van der Waals surface area contributed by atoms with Gasteiger partial charge < -0.3 is 4.74 Å². The Balaban J connectivity index is 2.31. The molecule has 1 heterocycles. The summed E-state index contributed by atoms with van der Waals surface area (Å²) in [6, 6.07) is 11.8. The molecule has 0 unspecified atom stereocenters. The highest BCUT2D eigenvalue weighted by Crippen LogP contribution is 2.36. The van der Waals surface area contributed by atoms with Crippen LogP contribution >= 0.6 is 11.3 Å². The van der Waals surface area contributed by atoms with Crippen LogP contribution in [-0.2, 0) is 4.84 Å². The summed E-state index contributed by atoms with van der Waals surface area (Å²) in [5.74, 6) is 0.316. The Bertz CT molecular complexity index is 566. The van der Waals surface area contributed by atoms with Crippen LogP contribution in [0.3, 0.4) is 0 Å². The van der Waals surface area contributed by atoms with Crippen molar-refractivity contribution in [2.24, 2.45) is 0 Å². The van der Waals surface area contributed by atoms with E-state index in [9.17, 15) is 4.79 Å². The Labute approximate surface area is 122 Å². The van der Waals surface area contributed by atoms with Crippen LogP contribution in [0.4, 0.5) is 0 Å². The molecule has 106 valence electrons. The molecule has 0 atom stereocenters. The van der Waals surface area contributed by atoms with Crippen LogP contribution in [0.25, 0.3) is 10.4 Å². The number of hydrogen-bond acceptors (Lipinski definition) is 4. The number of carbonyl (C=O) groups is 1. The largest absolute Gasteiger partial charge is 0.492 e. The minimum absolute atomic E-state index is 0.275. The number of ether oxygens (including phenoxy) is 1. The smallest absolute Gasteiger partial charge is 0.288 e. The summed E-state index contributed by atoms with van der Waals surface area (Å²) in [6.07, 6.45) is 0. The minimum Gasteiger partial charge on any atom is -0.492 e. The second-order valence-electron chi connectivity index (χ2n) is 3.97. The number of hydroxylamine groups is 1. The second-order valence-corrected chi connectivity index (χ2v) is 5.02. The van der Waals surface area contributed by atoms with Crippen molar-refractivity contribution in [1.82, 2.24) is 5.48 Å². The zero-order chi connectivity index (χ0) is 14.4. The lowest BCUT2D eigenvalue weighted by molar-refractivity contribution is 0.0366. The Morgan fingerprint density at radius 3 is 2.60 bits per heavy atom. The molecule has 1 amide bonds. The highest BCUT2D eigenvalue weighted by atomic mass is 32.1. The van der Waals surface area contributed by atoms with E-state index in [1.165, 1.54) is 11.3 Å². The van der Waals surface area contributed by atoms with Gasteiger partial charge in [0.25, 0.3) is 5.91 Å². The summed E-state index contributed by atoms with van der Waals surface area (Å²) in [6.45, 7) is 4.64. The molecule has 5 heteroatoms. The van der Waals surface area contributed by atoms with E-state index < -0.39 is 0 Å². The number of benzene rings is 1. The quantitative estimate of drug-likeness (QED) is 0.829. The third kappa shape index (κ3) is 3.37. The minimum atomic E-state index is -0.275. The van der Waals surface area contributed by atoms with Gasteiger partial charge in [0.05, 0.1) is 13.2 Å². The summed E-state index contributed by atoms with van der Waals surface area (Å²) >= 11 is 1.39. The number of carbonyl (C=O) groups excluding carboxylic acids is 1. The lowest BCUT2D eigenvalue weighted by Gasteiger charge is -2.04. The van der Waals surface area contributed by atoms with Crippen molar-refractivity contribution in [2.45, 2.75) is 13.8 Å². The van der Waals surface area contributed by atoms with Gasteiger partial charge >= 0.3 is 0 Å². The fourth-order valence-electron chi connectivity index (χ4n) is 1.72. The third-order valence-corrected chi connectivity index (χ3v) is 3.74. The van der Waals surface area contributed by atoms with Crippen LogP contribution in [0.15, 0.2) is 36.4 Å². The fourth-order valence-corrected chi connectivity index (χ4v) is 2.72. The van der Waals surface area contributed by atoms with Gasteiger partial charge in [0.2, 0.25) is 0 Å². The second kappa shape index (κ2) is 7.07. The van der Waals surface area contributed by atoms with E-state index in [0.29, 0.717) is 23.8 Å². The number of thiophene rings is 1. The molecule has 1 N–H and O–H groups in total. The standard InChI is InChI=1S/C15H17NO3S/c1-3-18-12-10-13(11-8-6-5-7-9-11)20-14(12)15(17)16-19-4-2/h5-10H,3-4H2,1-2H3,(H,16,17). The van der Waals surface area contributed by atoms with Gasteiger partial charge in [-0.15, -0.1) is 11.3 Å². The number of hydrogen-bond donors (Lipinski definition) is 1. The van der Waals surface area contributed by atoms with Crippen LogP contribution in [0.1, 0.15) is 23.5 Å². The van der Waals surface area contributed by atoms with Crippen LogP contribution in [0, 0.1) is 0 Å². The summed E-state index contributed by atoms with van der Waals surface area (Å²) < 4.78 is 5.53. The molecule has 0 aliphatic rings. The molecular weight excluding hydrogens is 274 g/mol. The van der Waals surface area contributed by atoms with Crippen molar-refractivity contribution in [2.75, 3.05) is 13.2 Å². The van der Waals surface area contributed by atoms with Gasteiger partial charge in [0.15, 0.2) is 0 Å². The maximum absolute atomic E-state index is 12.0. The SMILES string of the molecule is CCONC(=O)c1sc(-c2ccccc2)cc1OCC. The van der Waals surface area contributed by atoms with Gasteiger partial charge in [-0.2, -0.15) is 0 Å². The van der Waals surface area contributed by atoms with Crippen LogP contribution in [0.2, 0.25) is 0 Å². The maximum Gasteiger partial charge on any atom is 0.288 e. The van der Waals surface area contributed by atoms with Crippen molar-refractivity contribution >= 4 is 17.2 Å². The first-order chi connectivity index (χ1) is 9.76. The highest BCUT2D eigenvalue weighted by Gasteiger charge is 2.18. The van der Waals surface area contributed by atoms with Crippen molar-refractivity contribution in [3.63, 3.8) is 0 Å². The summed E-state index contributed by atoms with van der Waals surface area (Å²) in [5, 5.41) is 0. The van der Waals surface area contributed by atoms with E-state index in [-0.39, 0.29) is 5.91 Å². The molecule has 0 radical (unpaired) electrons. The van der Waals surface area contributed by atoms with Crippen molar-refractivity contribution < 1.29 is 14.4 Å². The van der Waals surface area contributed by atoms with E-state index in [1.807, 2.05) is 50.2 Å². The van der Waals surface area contributed by atoms with Crippen LogP contribution in [0.5, 0.6) is 5.75 Å². The molecule has 0 aliphatic heterocycles. The fraction of sp³-hybridized carbons (Fsp3) is 0.267. The van der Waals surface area contributed by atoms with Crippen LogP contribution in [-0.4, -0.2) is 19.1 Å².